The highest BCUT2D eigenvalue weighted by atomic mass is 79.9. The monoisotopic (exact) mass is 450 g/mol. The van der Waals surface area contributed by atoms with Crippen LogP contribution in [0.5, 0.6) is 5.75 Å². The molecule has 0 aliphatic heterocycles. The van der Waals surface area contributed by atoms with Gasteiger partial charge in [0.15, 0.2) is 11.6 Å². The van der Waals surface area contributed by atoms with E-state index in [9.17, 15) is 5.11 Å². The second-order valence-electron chi connectivity index (χ2n) is 3.77. The van der Waals surface area contributed by atoms with Crippen LogP contribution in [0.25, 0.3) is 0 Å². The summed E-state index contributed by atoms with van der Waals surface area (Å²) < 4.78 is 3.58. The summed E-state index contributed by atoms with van der Waals surface area (Å²) >= 11 is 10.0. The number of rotatable bonds is 2. The Morgan fingerprint density at radius 3 is 2.32 bits per heavy atom. The van der Waals surface area contributed by atoms with Gasteiger partial charge in [0.25, 0.3) is 0 Å². The third kappa shape index (κ3) is 2.90. The molecule has 0 saturated carbocycles. The molecule has 100 valence electrons. The molecule has 1 heterocycles. The number of phenols is 1. The Bertz CT molecular complexity index is 647. The fraction of sp³-hybridized carbons (Fsp3) is 0.182. The molecule has 1 N–H and O–H groups in total. The first-order valence-corrected chi connectivity index (χ1v) is 7.59. The van der Waals surface area contributed by atoms with Gasteiger partial charge < -0.3 is 5.11 Å². The maximum atomic E-state index is 9.87. The molecule has 0 unspecified atom stereocenters. The van der Waals surface area contributed by atoms with E-state index in [4.69, 9.17) is 0 Å². The minimum Gasteiger partial charge on any atom is -0.506 e. The molecule has 19 heavy (non-hydrogen) atoms. The van der Waals surface area contributed by atoms with Gasteiger partial charge in [0, 0.05) is 10.0 Å². The average Bonchev–Trinajstić information content (AvgIpc) is 2.67. The van der Waals surface area contributed by atoms with Gasteiger partial charge in [0.05, 0.1) is 15.2 Å². The van der Waals surface area contributed by atoms with E-state index in [-0.39, 0.29) is 5.75 Å². The van der Waals surface area contributed by atoms with Crippen LogP contribution in [0.3, 0.4) is 0 Å². The third-order valence-corrected chi connectivity index (χ3v) is 4.50. The molecule has 0 saturated heterocycles. The number of aryl methyl sites for hydroxylation is 2. The van der Waals surface area contributed by atoms with Crippen LogP contribution < -0.4 is 0 Å². The number of phenolic OH excluding ortho intramolecular Hbond substituents is 1. The van der Waals surface area contributed by atoms with E-state index in [1.165, 1.54) is 0 Å². The second-order valence-corrected chi connectivity index (χ2v) is 6.27. The zero-order chi connectivity index (χ0) is 14.2. The van der Waals surface area contributed by atoms with Gasteiger partial charge in [0.2, 0.25) is 0 Å². The molecular formula is C11H9Br3N4O. The normalized spacial score (nSPS) is 11.4. The zero-order valence-corrected chi connectivity index (χ0v) is 14.8. The zero-order valence-electron chi connectivity index (χ0n) is 10.0. The van der Waals surface area contributed by atoms with Crippen LogP contribution in [0.4, 0.5) is 0 Å². The second kappa shape index (κ2) is 5.72. The molecule has 0 radical (unpaired) electrons. The lowest BCUT2D eigenvalue weighted by Crippen LogP contribution is -1.97. The predicted octanol–water partition coefficient (Wildman–Crippen LogP) is 3.77. The Morgan fingerprint density at radius 2 is 1.74 bits per heavy atom. The maximum absolute atomic E-state index is 9.87. The van der Waals surface area contributed by atoms with Crippen LogP contribution in [0.15, 0.2) is 24.6 Å². The standard InChI is InChI=1S/C11H9Br3N4O/c1-5-16-17-6(2)18(5)15-4-7-8(12)3-9(13)11(19)10(7)14/h3-4,19H,1-2H3. The van der Waals surface area contributed by atoms with E-state index >= 15 is 0 Å². The van der Waals surface area contributed by atoms with E-state index in [1.54, 1.807) is 17.0 Å². The largest absolute Gasteiger partial charge is 0.506 e. The first-order chi connectivity index (χ1) is 8.91. The first kappa shape index (κ1) is 14.7. The SMILES string of the molecule is Cc1nnc(C)n1N=Cc1c(Br)cc(Br)c(O)c1Br. The Labute approximate surface area is 135 Å². The lowest BCUT2D eigenvalue weighted by molar-refractivity contribution is 0.468. The Morgan fingerprint density at radius 1 is 1.16 bits per heavy atom. The van der Waals surface area contributed by atoms with Gasteiger partial charge in [-0.2, -0.15) is 5.10 Å². The summed E-state index contributed by atoms with van der Waals surface area (Å²) in [6.07, 6.45) is 1.63. The van der Waals surface area contributed by atoms with Gasteiger partial charge in [-0.3, -0.25) is 0 Å². The Balaban J connectivity index is 2.48. The molecule has 0 aliphatic carbocycles. The van der Waals surface area contributed by atoms with Gasteiger partial charge in [-0.25, -0.2) is 4.68 Å². The molecule has 0 atom stereocenters. The molecule has 2 rings (SSSR count). The minimum atomic E-state index is 0.127. The summed E-state index contributed by atoms with van der Waals surface area (Å²) in [6, 6.07) is 1.76. The highest BCUT2D eigenvalue weighted by Crippen LogP contribution is 2.38. The van der Waals surface area contributed by atoms with Crippen LogP contribution in [0.2, 0.25) is 0 Å². The van der Waals surface area contributed by atoms with Crippen molar-refractivity contribution in [3.05, 3.63) is 36.7 Å². The molecule has 0 spiro atoms. The number of hydrogen-bond donors (Lipinski definition) is 1. The molecule has 0 amide bonds. The van der Waals surface area contributed by atoms with Crippen molar-refractivity contribution in [2.24, 2.45) is 5.10 Å². The molecule has 0 fully saturated rings. The van der Waals surface area contributed by atoms with Crippen LogP contribution in [0, 0.1) is 13.8 Å². The number of halogens is 3. The summed E-state index contributed by atoms with van der Waals surface area (Å²) in [5, 5.41) is 22.0. The van der Waals surface area contributed by atoms with Gasteiger partial charge in [-0.1, -0.05) is 15.9 Å². The minimum absolute atomic E-state index is 0.127. The maximum Gasteiger partial charge on any atom is 0.151 e. The van der Waals surface area contributed by atoms with Crippen molar-refractivity contribution < 1.29 is 5.11 Å². The van der Waals surface area contributed by atoms with Crippen molar-refractivity contribution in [1.82, 2.24) is 14.9 Å². The summed E-state index contributed by atoms with van der Waals surface area (Å²) in [6.45, 7) is 3.64. The van der Waals surface area contributed by atoms with Crippen molar-refractivity contribution in [3.63, 3.8) is 0 Å². The smallest absolute Gasteiger partial charge is 0.151 e. The number of aromatic hydroxyl groups is 1. The first-order valence-electron chi connectivity index (χ1n) is 5.21. The van der Waals surface area contributed by atoms with Gasteiger partial charge in [-0.05, 0) is 51.8 Å². The van der Waals surface area contributed by atoms with Crippen molar-refractivity contribution in [3.8, 4) is 5.75 Å². The highest BCUT2D eigenvalue weighted by Gasteiger charge is 2.12. The molecule has 0 bridgehead atoms. The fourth-order valence-electron chi connectivity index (χ4n) is 1.46. The van der Waals surface area contributed by atoms with E-state index in [0.717, 1.165) is 10.0 Å². The fourth-order valence-corrected chi connectivity index (χ4v) is 3.78. The van der Waals surface area contributed by atoms with E-state index < -0.39 is 0 Å². The highest BCUT2D eigenvalue weighted by molar-refractivity contribution is 9.11. The van der Waals surface area contributed by atoms with Crippen molar-refractivity contribution in [1.29, 1.82) is 0 Å². The number of aromatic nitrogens is 3. The van der Waals surface area contributed by atoms with E-state index in [0.29, 0.717) is 20.6 Å². The lowest BCUT2D eigenvalue weighted by Gasteiger charge is -2.07. The van der Waals surface area contributed by atoms with Crippen LogP contribution in [-0.4, -0.2) is 26.2 Å². The van der Waals surface area contributed by atoms with Crippen LogP contribution in [-0.2, 0) is 0 Å². The molecule has 1 aromatic heterocycles. The molecule has 0 aliphatic rings. The van der Waals surface area contributed by atoms with Crippen molar-refractivity contribution in [2.75, 3.05) is 0 Å². The average molecular weight is 453 g/mol. The summed E-state index contributed by atoms with van der Waals surface area (Å²) in [7, 11) is 0. The Hall–Kier alpha value is -0.730. The number of nitrogens with zero attached hydrogens (tertiary/aromatic N) is 4. The quantitative estimate of drug-likeness (QED) is 0.705. The van der Waals surface area contributed by atoms with Crippen LogP contribution >= 0.6 is 47.8 Å². The van der Waals surface area contributed by atoms with Crippen molar-refractivity contribution >= 4 is 54.0 Å². The summed E-state index contributed by atoms with van der Waals surface area (Å²) in [4.78, 5) is 0. The Kier molecular flexibility index (Phi) is 4.42. The summed E-state index contributed by atoms with van der Waals surface area (Å²) in [5.74, 6) is 1.52. The lowest BCUT2D eigenvalue weighted by atomic mass is 10.2. The predicted molar refractivity (Wildman–Crippen MR) is 83.7 cm³/mol. The van der Waals surface area contributed by atoms with Crippen molar-refractivity contribution in [2.45, 2.75) is 13.8 Å². The molecule has 2 aromatic rings. The summed E-state index contributed by atoms with van der Waals surface area (Å²) in [5.41, 5.74) is 0.730. The third-order valence-electron chi connectivity index (χ3n) is 2.44. The molecule has 1 aromatic carbocycles. The van der Waals surface area contributed by atoms with Gasteiger partial charge >= 0.3 is 0 Å². The molecule has 5 nitrogen and oxygen atoms in total. The molecular weight excluding hydrogens is 444 g/mol. The van der Waals surface area contributed by atoms with Crippen LogP contribution in [0.1, 0.15) is 17.2 Å². The van der Waals surface area contributed by atoms with Gasteiger partial charge in [-0.15, -0.1) is 10.2 Å². The molecule has 8 heteroatoms. The number of benzene rings is 1. The van der Waals surface area contributed by atoms with Gasteiger partial charge in [0.1, 0.15) is 5.75 Å². The van der Waals surface area contributed by atoms with E-state index in [2.05, 4.69) is 63.1 Å². The van der Waals surface area contributed by atoms with E-state index in [1.807, 2.05) is 13.8 Å². The topological polar surface area (TPSA) is 63.3 Å². The number of hydrogen-bond acceptors (Lipinski definition) is 4.